The summed E-state index contributed by atoms with van der Waals surface area (Å²) in [4.78, 5) is 29.7. The number of carbonyl (C=O) groups excluding carboxylic acids is 1. The Labute approximate surface area is 196 Å². The van der Waals surface area contributed by atoms with Crippen LogP contribution in [0.5, 0.6) is 0 Å². The lowest BCUT2D eigenvalue weighted by Gasteiger charge is -2.25. The first-order valence-electron chi connectivity index (χ1n) is 10.8. The Balaban J connectivity index is 1.55. The lowest BCUT2D eigenvalue weighted by atomic mass is 10.0. The van der Waals surface area contributed by atoms with E-state index in [-0.39, 0.29) is 11.9 Å². The van der Waals surface area contributed by atoms with Crippen LogP contribution in [0.25, 0.3) is 21.5 Å². The number of rotatable bonds is 3. The summed E-state index contributed by atoms with van der Waals surface area (Å²) < 4.78 is 0. The molecule has 0 spiro atoms. The van der Waals surface area contributed by atoms with Gasteiger partial charge < -0.3 is 9.88 Å². The first-order valence-corrected chi connectivity index (χ1v) is 12.0. The molecular weight excluding hydrogens is 440 g/mol. The zero-order chi connectivity index (χ0) is 22.6. The molecule has 7 heteroatoms. The Bertz CT molecular complexity index is 1340. The third kappa shape index (κ3) is 3.51. The summed E-state index contributed by atoms with van der Waals surface area (Å²) in [7, 11) is 0. The van der Waals surface area contributed by atoms with Gasteiger partial charge >= 0.3 is 0 Å². The van der Waals surface area contributed by atoms with E-state index in [1.54, 1.807) is 0 Å². The molecule has 1 aliphatic rings. The molecule has 0 saturated carbocycles. The maximum Gasteiger partial charge on any atom is 0.274 e. The van der Waals surface area contributed by atoms with Crippen LogP contribution in [0.1, 0.15) is 51.8 Å². The van der Waals surface area contributed by atoms with Crippen molar-refractivity contribution < 1.29 is 4.79 Å². The van der Waals surface area contributed by atoms with Crippen LogP contribution in [0.15, 0.2) is 36.4 Å². The molecule has 5 rings (SSSR count). The van der Waals surface area contributed by atoms with Gasteiger partial charge in [0.2, 0.25) is 0 Å². The fourth-order valence-corrected chi connectivity index (χ4v) is 5.69. The van der Waals surface area contributed by atoms with Crippen LogP contribution in [-0.4, -0.2) is 32.3 Å². The minimum atomic E-state index is -0.108. The predicted octanol–water partition coefficient (Wildman–Crippen LogP) is 6.49. The first kappa shape index (κ1) is 21.2. The molecule has 5 nitrogen and oxygen atoms in total. The average Bonchev–Trinajstić information content (AvgIpc) is 3.46. The van der Waals surface area contributed by atoms with E-state index in [1.165, 1.54) is 22.5 Å². The largest absolute Gasteiger partial charge is 0.340 e. The molecule has 1 N–H and O–H groups in total. The van der Waals surface area contributed by atoms with Crippen LogP contribution >= 0.6 is 22.9 Å². The standard InChI is InChI=1S/C25H25ClN4OS/c1-13-8-9-19-20(15(13)3)29-24(28-19)22-14(2)10-11-30(22)25(31)21-23(32-16(4)27-21)17-6-5-7-18(26)12-17/h5-9,12,14,22H,10-11H2,1-4H3,(H,28,29)/t14-,22-/m0/s1. The monoisotopic (exact) mass is 464 g/mol. The van der Waals surface area contributed by atoms with E-state index < -0.39 is 0 Å². The van der Waals surface area contributed by atoms with E-state index in [4.69, 9.17) is 16.6 Å². The number of thiazole rings is 1. The SMILES string of the molecule is Cc1nc(C(=O)N2CC[C@H](C)[C@H]2c2nc3c(C)c(C)ccc3[nH]2)c(-c2cccc(Cl)c2)s1. The second-order valence-corrected chi connectivity index (χ2v) is 10.3. The fraction of sp³-hybridized carbons (Fsp3) is 0.320. The molecule has 0 bridgehead atoms. The molecule has 2 atom stereocenters. The Hall–Kier alpha value is -2.70. The van der Waals surface area contributed by atoms with Crippen molar-refractivity contribution >= 4 is 39.9 Å². The maximum absolute atomic E-state index is 13.8. The van der Waals surface area contributed by atoms with Crippen LogP contribution in [0, 0.1) is 26.7 Å². The number of carbonyl (C=O) groups is 1. The zero-order valence-electron chi connectivity index (χ0n) is 18.6. The highest BCUT2D eigenvalue weighted by atomic mass is 35.5. The smallest absolute Gasteiger partial charge is 0.274 e. The molecule has 2 aromatic heterocycles. The first-order chi connectivity index (χ1) is 15.3. The van der Waals surface area contributed by atoms with E-state index in [0.717, 1.165) is 38.7 Å². The number of imidazole rings is 1. The number of fused-ring (bicyclic) bond motifs is 1. The van der Waals surface area contributed by atoms with Gasteiger partial charge in [0.15, 0.2) is 0 Å². The van der Waals surface area contributed by atoms with E-state index >= 15 is 0 Å². The minimum absolute atomic E-state index is 0.0490. The van der Waals surface area contributed by atoms with Crippen LogP contribution in [0.4, 0.5) is 0 Å². The Morgan fingerprint density at radius 1 is 1.19 bits per heavy atom. The number of hydrogen-bond donors (Lipinski definition) is 1. The van der Waals surface area contributed by atoms with Gasteiger partial charge in [-0.2, -0.15) is 0 Å². The predicted molar refractivity (Wildman–Crippen MR) is 130 cm³/mol. The molecule has 0 radical (unpaired) electrons. The van der Waals surface area contributed by atoms with E-state index in [9.17, 15) is 4.79 Å². The van der Waals surface area contributed by atoms with Crippen molar-refractivity contribution in [2.45, 2.75) is 40.2 Å². The second-order valence-electron chi connectivity index (χ2n) is 8.66. The van der Waals surface area contributed by atoms with Crippen molar-refractivity contribution in [3.05, 3.63) is 69.1 Å². The molecule has 1 aliphatic heterocycles. The number of likely N-dealkylation sites (tertiary alicyclic amines) is 1. The number of aryl methyl sites for hydroxylation is 3. The number of aromatic nitrogens is 3. The van der Waals surface area contributed by atoms with Crippen molar-refractivity contribution in [3.63, 3.8) is 0 Å². The number of hydrogen-bond acceptors (Lipinski definition) is 4. The molecule has 2 aromatic carbocycles. The number of nitrogens with one attached hydrogen (secondary N) is 1. The van der Waals surface area contributed by atoms with E-state index in [2.05, 4.69) is 42.9 Å². The summed E-state index contributed by atoms with van der Waals surface area (Å²) in [5, 5.41) is 1.51. The highest BCUT2D eigenvalue weighted by Crippen LogP contribution is 2.40. The van der Waals surface area contributed by atoms with Gasteiger partial charge in [0.1, 0.15) is 11.5 Å². The number of benzene rings is 2. The molecule has 4 aromatic rings. The van der Waals surface area contributed by atoms with Gasteiger partial charge in [-0.3, -0.25) is 4.79 Å². The summed E-state index contributed by atoms with van der Waals surface area (Å²) in [6.45, 7) is 9.00. The summed E-state index contributed by atoms with van der Waals surface area (Å²) in [5.74, 6) is 1.10. The Morgan fingerprint density at radius 2 is 2.00 bits per heavy atom. The van der Waals surface area contributed by atoms with Crippen molar-refractivity contribution in [2.24, 2.45) is 5.92 Å². The molecule has 164 valence electrons. The lowest BCUT2D eigenvalue weighted by Crippen LogP contribution is -2.33. The molecule has 1 amide bonds. The van der Waals surface area contributed by atoms with Crippen LogP contribution in [-0.2, 0) is 0 Å². The van der Waals surface area contributed by atoms with Gasteiger partial charge in [-0.1, -0.05) is 36.7 Å². The van der Waals surface area contributed by atoms with Crippen molar-refractivity contribution in [2.75, 3.05) is 6.54 Å². The Morgan fingerprint density at radius 3 is 2.78 bits per heavy atom. The molecule has 32 heavy (non-hydrogen) atoms. The zero-order valence-corrected chi connectivity index (χ0v) is 20.1. The number of aromatic amines is 1. The molecule has 3 heterocycles. The summed E-state index contributed by atoms with van der Waals surface area (Å²) in [6, 6.07) is 11.7. The van der Waals surface area contributed by atoms with Crippen LogP contribution < -0.4 is 0 Å². The number of H-pyrrole nitrogens is 1. The fourth-order valence-electron chi connectivity index (χ4n) is 4.60. The van der Waals surface area contributed by atoms with Gasteiger partial charge in [0, 0.05) is 11.6 Å². The molecule has 1 fully saturated rings. The van der Waals surface area contributed by atoms with Gasteiger partial charge in [-0.15, -0.1) is 11.3 Å². The molecule has 0 aliphatic carbocycles. The maximum atomic E-state index is 13.8. The topological polar surface area (TPSA) is 61.9 Å². The van der Waals surface area contributed by atoms with E-state index in [0.29, 0.717) is 23.2 Å². The molecule has 0 unspecified atom stereocenters. The van der Waals surface area contributed by atoms with Crippen molar-refractivity contribution in [3.8, 4) is 10.4 Å². The average molecular weight is 465 g/mol. The van der Waals surface area contributed by atoms with Gasteiger partial charge in [0.05, 0.1) is 27.0 Å². The summed E-state index contributed by atoms with van der Waals surface area (Å²) in [5.41, 5.74) is 5.80. The van der Waals surface area contributed by atoms with Gasteiger partial charge in [0.25, 0.3) is 5.91 Å². The highest BCUT2D eigenvalue weighted by Gasteiger charge is 2.39. The Kier molecular flexibility index (Phi) is 5.30. The van der Waals surface area contributed by atoms with E-state index in [1.807, 2.05) is 36.1 Å². The number of halogens is 1. The third-order valence-electron chi connectivity index (χ3n) is 6.46. The lowest BCUT2D eigenvalue weighted by molar-refractivity contribution is 0.0710. The summed E-state index contributed by atoms with van der Waals surface area (Å²) >= 11 is 7.75. The van der Waals surface area contributed by atoms with Crippen LogP contribution in [0.3, 0.4) is 0 Å². The van der Waals surface area contributed by atoms with Crippen molar-refractivity contribution in [1.29, 1.82) is 0 Å². The normalized spacial score (nSPS) is 18.6. The second kappa shape index (κ2) is 8.01. The molecular formula is C25H25ClN4OS. The van der Waals surface area contributed by atoms with Crippen molar-refractivity contribution in [1.82, 2.24) is 19.9 Å². The van der Waals surface area contributed by atoms with Gasteiger partial charge in [-0.05, 0) is 68.0 Å². The third-order valence-corrected chi connectivity index (χ3v) is 7.72. The summed E-state index contributed by atoms with van der Waals surface area (Å²) in [6.07, 6.45) is 0.932. The molecule has 1 saturated heterocycles. The van der Waals surface area contributed by atoms with Gasteiger partial charge in [-0.25, -0.2) is 9.97 Å². The minimum Gasteiger partial charge on any atom is -0.340 e. The number of nitrogens with zero attached hydrogens (tertiary/aromatic N) is 3. The van der Waals surface area contributed by atoms with Crippen LogP contribution in [0.2, 0.25) is 5.02 Å². The quantitative estimate of drug-likeness (QED) is 0.377. The highest BCUT2D eigenvalue weighted by molar-refractivity contribution is 7.15. The number of amides is 1.